The van der Waals surface area contributed by atoms with Crippen LogP contribution in [0.25, 0.3) is 0 Å². The van der Waals surface area contributed by atoms with Gasteiger partial charge in [0.05, 0.1) is 6.10 Å². The Kier molecular flexibility index (Phi) is 3.64. The Bertz CT molecular complexity index is 309. The van der Waals surface area contributed by atoms with Gasteiger partial charge in [0.1, 0.15) is 5.82 Å². The average molecular weight is 196 g/mol. The number of halogens is 1. The van der Waals surface area contributed by atoms with Crippen molar-refractivity contribution in [1.82, 2.24) is 0 Å². The molecule has 1 rings (SSSR count). The molecular formula is C12H17FO. The number of aliphatic hydroxyl groups excluding tert-OH is 1. The van der Waals surface area contributed by atoms with E-state index in [1.165, 1.54) is 0 Å². The second kappa shape index (κ2) is 4.56. The number of benzene rings is 1. The van der Waals surface area contributed by atoms with E-state index in [9.17, 15) is 9.50 Å². The summed E-state index contributed by atoms with van der Waals surface area (Å²) in [7, 11) is 0. The first-order valence-electron chi connectivity index (χ1n) is 5.01. The van der Waals surface area contributed by atoms with Gasteiger partial charge >= 0.3 is 0 Å². The number of rotatable bonds is 3. The molecule has 0 aliphatic heterocycles. The van der Waals surface area contributed by atoms with Gasteiger partial charge in [-0.05, 0) is 18.4 Å². The molecular weight excluding hydrogens is 179 g/mol. The maximum Gasteiger partial charge on any atom is 0.131 e. The van der Waals surface area contributed by atoms with Gasteiger partial charge in [-0.3, -0.25) is 0 Å². The van der Waals surface area contributed by atoms with Crippen LogP contribution in [0.1, 0.15) is 37.5 Å². The lowest BCUT2D eigenvalue weighted by molar-refractivity contribution is 0.111. The van der Waals surface area contributed by atoms with Gasteiger partial charge < -0.3 is 5.11 Å². The van der Waals surface area contributed by atoms with E-state index in [-0.39, 0.29) is 11.7 Å². The van der Waals surface area contributed by atoms with E-state index in [2.05, 4.69) is 0 Å². The summed E-state index contributed by atoms with van der Waals surface area (Å²) in [6.45, 7) is 5.62. The maximum absolute atomic E-state index is 13.6. The zero-order valence-electron chi connectivity index (χ0n) is 8.92. The summed E-state index contributed by atoms with van der Waals surface area (Å²) in [4.78, 5) is 0. The number of hydrogen-bond acceptors (Lipinski definition) is 1. The quantitative estimate of drug-likeness (QED) is 0.787. The van der Waals surface area contributed by atoms with E-state index < -0.39 is 6.10 Å². The molecule has 2 unspecified atom stereocenters. The number of aryl methyl sites for hydroxylation is 1. The molecule has 0 radical (unpaired) electrons. The summed E-state index contributed by atoms with van der Waals surface area (Å²) >= 11 is 0. The van der Waals surface area contributed by atoms with Crippen molar-refractivity contribution in [2.45, 2.75) is 33.3 Å². The van der Waals surface area contributed by atoms with Gasteiger partial charge in [0.25, 0.3) is 0 Å². The van der Waals surface area contributed by atoms with Crippen molar-refractivity contribution in [2.24, 2.45) is 5.92 Å². The zero-order chi connectivity index (χ0) is 10.7. The van der Waals surface area contributed by atoms with Crippen molar-refractivity contribution < 1.29 is 9.50 Å². The molecule has 1 N–H and O–H groups in total. The van der Waals surface area contributed by atoms with Crippen LogP contribution in [0, 0.1) is 18.7 Å². The van der Waals surface area contributed by atoms with Crippen LogP contribution in [0.15, 0.2) is 18.2 Å². The highest BCUT2D eigenvalue weighted by molar-refractivity contribution is 5.26. The molecule has 0 spiro atoms. The summed E-state index contributed by atoms with van der Waals surface area (Å²) in [6, 6.07) is 5.14. The minimum atomic E-state index is -0.695. The number of aliphatic hydroxyl groups is 1. The van der Waals surface area contributed by atoms with Crippen molar-refractivity contribution in [3.8, 4) is 0 Å². The highest BCUT2D eigenvalue weighted by atomic mass is 19.1. The van der Waals surface area contributed by atoms with Crippen LogP contribution in [0.4, 0.5) is 4.39 Å². The van der Waals surface area contributed by atoms with Crippen molar-refractivity contribution in [2.75, 3.05) is 0 Å². The lowest BCUT2D eigenvalue weighted by Crippen LogP contribution is -2.10. The summed E-state index contributed by atoms with van der Waals surface area (Å²) in [5.41, 5.74) is 1.00. The summed E-state index contributed by atoms with van der Waals surface area (Å²) < 4.78 is 13.6. The summed E-state index contributed by atoms with van der Waals surface area (Å²) in [5.74, 6) is -0.188. The third-order valence-corrected chi connectivity index (χ3v) is 2.72. The molecule has 0 fully saturated rings. The van der Waals surface area contributed by atoms with Crippen LogP contribution >= 0.6 is 0 Å². The topological polar surface area (TPSA) is 20.2 Å². The van der Waals surface area contributed by atoms with Crippen LogP contribution in [0.3, 0.4) is 0 Å². The zero-order valence-corrected chi connectivity index (χ0v) is 8.92. The molecule has 1 nitrogen and oxygen atoms in total. The Morgan fingerprint density at radius 2 is 2.07 bits per heavy atom. The molecule has 0 saturated carbocycles. The lowest BCUT2D eigenvalue weighted by atomic mass is 9.94. The van der Waals surface area contributed by atoms with E-state index in [0.717, 1.165) is 6.42 Å². The molecule has 0 aliphatic rings. The molecule has 2 heteroatoms. The van der Waals surface area contributed by atoms with E-state index in [1.54, 1.807) is 25.1 Å². The molecule has 0 amide bonds. The van der Waals surface area contributed by atoms with Crippen LogP contribution in [-0.4, -0.2) is 5.11 Å². The standard InChI is InChI=1S/C12H17FO/c1-4-8(2)12(14)10-7-5-6-9(3)11(10)13/h5-8,12,14H,4H2,1-3H3. The molecule has 0 bridgehead atoms. The number of hydrogen-bond donors (Lipinski definition) is 1. The predicted octanol–water partition coefficient (Wildman–Crippen LogP) is 3.21. The third kappa shape index (κ3) is 2.13. The predicted molar refractivity (Wildman–Crippen MR) is 55.6 cm³/mol. The minimum Gasteiger partial charge on any atom is -0.388 e. The Morgan fingerprint density at radius 3 is 2.64 bits per heavy atom. The molecule has 78 valence electrons. The van der Waals surface area contributed by atoms with Crippen LogP contribution in [-0.2, 0) is 0 Å². The smallest absolute Gasteiger partial charge is 0.131 e. The Morgan fingerprint density at radius 1 is 1.43 bits per heavy atom. The molecule has 0 saturated heterocycles. The molecule has 0 aromatic heterocycles. The van der Waals surface area contributed by atoms with E-state index in [1.807, 2.05) is 13.8 Å². The second-order valence-electron chi connectivity index (χ2n) is 3.81. The first-order chi connectivity index (χ1) is 6.57. The first-order valence-corrected chi connectivity index (χ1v) is 5.01. The molecule has 14 heavy (non-hydrogen) atoms. The minimum absolute atomic E-state index is 0.0892. The Labute approximate surface area is 84.6 Å². The fourth-order valence-corrected chi connectivity index (χ4v) is 1.43. The second-order valence-corrected chi connectivity index (χ2v) is 3.81. The largest absolute Gasteiger partial charge is 0.388 e. The van der Waals surface area contributed by atoms with Gasteiger partial charge in [-0.1, -0.05) is 38.5 Å². The molecule has 1 aromatic rings. The lowest BCUT2D eigenvalue weighted by Gasteiger charge is -2.18. The van der Waals surface area contributed by atoms with Gasteiger partial charge in [0.15, 0.2) is 0 Å². The van der Waals surface area contributed by atoms with E-state index in [0.29, 0.717) is 11.1 Å². The normalized spacial score (nSPS) is 15.2. The average Bonchev–Trinajstić information content (AvgIpc) is 2.20. The van der Waals surface area contributed by atoms with Crippen LogP contribution in [0.5, 0.6) is 0 Å². The van der Waals surface area contributed by atoms with Gasteiger partial charge in [-0.15, -0.1) is 0 Å². The third-order valence-electron chi connectivity index (χ3n) is 2.72. The van der Waals surface area contributed by atoms with Crippen LogP contribution in [0.2, 0.25) is 0 Å². The highest BCUT2D eigenvalue weighted by Gasteiger charge is 2.18. The van der Waals surface area contributed by atoms with Crippen molar-refractivity contribution in [3.05, 3.63) is 35.1 Å². The van der Waals surface area contributed by atoms with Gasteiger partial charge in [0.2, 0.25) is 0 Å². The fourth-order valence-electron chi connectivity index (χ4n) is 1.43. The summed E-state index contributed by atoms with van der Waals surface area (Å²) in [6.07, 6.45) is 0.147. The molecule has 0 aliphatic carbocycles. The van der Waals surface area contributed by atoms with E-state index >= 15 is 0 Å². The van der Waals surface area contributed by atoms with Crippen molar-refractivity contribution >= 4 is 0 Å². The fraction of sp³-hybridized carbons (Fsp3) is 0.500. The molecule has 1 aromatic carbocycles. The van der Waals surface area contributed by atoms with E-state index in [4.69, 9.17) is 0 Å². The molecule has 0 heterocycles. The summed E-state index contributed by atoms with van der Waals surface area (Å²) in [5, 5.41) is 9.85. The van der Waals surface area contributed by atoms with Crippen molar-refractivity contribution in [3.63, 3.8) is 0 Å². The Hall–Kier alpha value is -0.890. The monoisotopic (exact) mass is 196 g/mol. The highest BCUT2D eigenvalue weighted by Crippen LogP contribution is 2.27. The SMILES string of the molecule is CCC(C)C(O)c1cccc(C)c1F. The Balaban J connectivity index is 3.01. The van der Waals surface area contributed by atoms with Gasteiger partial charge in [-0.2, -0.15) is 0 Å². The maximum atomic E-state index is 13.6. The first kappa shape index (κ1) is 11.2. The van der Waals surface area contributed by atoms with Gasteiger partial charge in [-0.25, -0.2) is 4.39 Å². The van der Waals surface area contributed by atoms with Gasteiger partial charge in [0, 0.05) is 5.56 Å². The molecule has 2 atom stereocenters. The van der Waals surface area contributed by atoms with Crippen molar-refractivity contribution in [1.29, 1.82) is 0 Å². The van der Waals surface area contributed by atoms with Crippen LogP contribution < -0.4 is 0 Å².